The first-order valence-electron chi connectivity index (χ1n) is 12.7. The van der Waals surface area contributed by atoms with Gasteiger partial charge in [-0.15, -0.1) is 0 Å². The maximum atomic E-state index is 12.9. The number of amides is 1. The van der Waals surface area contributed by atoms with Crippen LogP contribution >= 0.6 is 0 Å². The first-order valence-corrected chi connectivity index (χ1v) is 14.1. The zero-order chi connectivity index (χ0) is 32.3. The summed E-state index contributed by atoms with van der Waals surface area (Å²) in [7, 11) is -4.73. The number of aromatic carboxylic acids is 1. The summed E-state index contributed by atoms with van der Waals surface area (Å²) >= 11 is 0. The van der Waals surface area contributed by atoms with E-state index >= 15 is 0 Å². The number of hydrogen-bond donors (Lipinski definition) is 1. The second-order valence-electron chi connectivity index (χ2n) is 9.27. The monoisotopic (exact) mass is 694 g/mol. The summed E-state index contributed by atoms with van der Waals surface area (Å²) in [6.45, 7) is 0. The Hall–Kier alpha value is -3.13. The summed E-state index contributed by atoms with van der Waals surface area (Å²) in [5.74, 6) is -4.62. The van der Waals surface area contributed by atoms with Crippen molar-refractivity contribution in [3.8, 4) is 16.9 Å². The fourth-order valence-corrected chi connectivity index (χ4v) is 4.54. The summed E-state index contributed by atoms with van der Waals surface area (Å²) in [5.41, 5.74) is 1.44. The molecule has 1 unspecified atom stereocenters. The molecule has 0 saturated carbocycles. The summed E-state index contributed by atoms with van der Waals surface area (Å²) < 4.78 is 33.5. The molecule has 4 aromatic carbocycles. The van der Waals surface area contributed by atoms with E-state index in [1.807, 2.05) is 0 Å². The molecule has 5 rings (SSSR count). The molecule has 1 atom stereocenters. The number of rotatable bonds is 9. The zero-order valence-electron chi connectivity index (χ0n) is 25.5. The number of carbonyl (C=O) groups is 3. The first-order chi connectivity index (χ1) is 21.4. The predicted octanol–water partition coefficient (Wildman–Crippen LogP) is -5.94. The average molecular weight is 695 g/mol. The van der Waals surface area contributed by atoms with Gasteiger partial charge in [0.25, 0.3) is 5.91 Å². The molecule has 0 spiro atoms. The molecule has 0 saturated heterocycles. The van der Waals surface area contributed by atoms with Crippen LogP contribution in [0.1, 0.15) is 10.4 Å². The molecule has 15 nitrogen and oxygen atoms in total. The van der Waals surface area contributed by atoms with E-state index in [0.29, 0.717) is 16.4 Å². The third-order valence-electron chi connectivity index (χ3n) is 6.32. The maximum Gasteiger partial charge on any atom is 1.00 e. The largest absolute Gasteiger partial charge is 1.00 e. The third-order valence-corrected chi connectivity index (χ3v) is 7.17. The number of hydrogen-bond acceptors (Lipinski definition) is 13. The quantitative estimate of drug-likeness (QED) is 0.0995. The Kier molecular flexibility index (Phi) is 15.0. The molecule has 1 aliphatic heterocycles. The van der Waals surface area contributed by atoms with Gasteiger partial charge in [-0.3, -0.25) is 4.79 Å². The Balaban J connectivity index is 0.00000267. The molecule has 1 heterocycles. The van der Waals surface area contributed by atoms with Crippen molar-refractivity contribution in [1.29, 1.82) is 0 Å². The molecule has 0 aliphatic carbocycles. The van der Waals surface area contributed by atoms with Gasteiger partial charge in [0.15, 0.2) is 6.04 Å². The maximum absolute atomic E-state index is 12.9. The Morgan fingerprint density at radius 1 is 0.771 bits per heavy atom. The van der Waals surface area contributed by atoms with Crippen LogP contribution in [0.3, 0.4) is 0 Å². The van der Waals surface area contributed by atoms with Gasteiger partial charge in [-0.2, -0.15) is 30.6 Å². The van der Waals surface area contributed by atoms with Gasteiger partial charge < -0.3 is 24.7 Å². The number of carboxylic acids is 2. The number of carbonyl (C=O) groups excluding carboxylic acids is 2. The van der Waals surface area contributed by atoms with Crippen LogP contribution in [0, 0.1) is 0 Å². The number of anilines is 1. The Labute approximate surface area is 339 Å². The van der Waals surface area contributed by atoms with E-state index in [2.05, 4.69) is 25.6 Å². The summed E-state index contributed by atoms with van der Waals surface area (Å²) in [6.07, 6.45) is 0. The SMILES string of the molecule is O=C([O-])C1=NN(c2ccc(S(=O)(=O)[O-])cc2)C(=O)C1N=Nc1ccc(-c2ccc(N=Nc3ccc([O-])c(C(=O)O)c3)cc2)cc1.[Na+].[Na+].[Na+]. The van der Waals surface area contributed by atoms with Crippen molar-refractivity contribution in [2.24, 2.45) is 25.6 Å². The van der Waals surface area contributed by atoms with Gasteiger partial charge in [0.1, 0.15) is 15.8 Å². The molecule has 226 valence electrons. The standard InChI is InChI=1S/C29H20N6O9S.3Na/c36-24-14-9-20(15-23(24)28(38)39)32-30-18-5-1-16(2-6-18)17-3-7-19(8-4-17)31-33-25-26(29(40)41)34-35(27(25)37)21-10-12-22(13-11-21)45(42,43)44;;;/h1-15,25,36H,(H,38,39)(H,40,41)(H,42,43,44);;;/q;3*+1/p-3. The molecule has 0 radical (unpaired) electrons. The first kappa shape index (κ1) is 41.0. The Morgan fingerprint density at radius 3 is 1.77 bits per heavy atom. The van der Waals surface area contributed by atoms with Gasteiger partial charge in [-0.1, -0.05) is 36.1 Å². The van der Waals surface area contributed by atoms with Gasteiger partial charge in [-0.05, 0) is 71.8 Å². The normalized spacial score (nSPS) is 14.2. The van der Waals surface area contributed by atoms with Crippen molar-refractivity contribution in [2.45, 2.75) is 10.9 Å². The van der Waals surface area contributed by atoms with E-state index in [4.69, 9.17) is 5.11 Å². The number of azo groups is 2. The Bertz CT molecular complexity index is 2030. The summed E-state index contributed by atoms with van der Waals surface area (Å²) in [6, 6.07) is 19.6. The van der Waals surface area contributed by atoms with Crippen LogP contribution in [-0.2, 0) is 19.7 Å². The molecule has 48 heavy (non-hydrogen) atoms. The number of carboxylic acid groups (broad SMARTS) is 2. The van der Waals surface area contributed by atoms with Gasteiger partial charge in [0.05, 0.1) is 39.2 Å². The van der Waals surface area contributed by atoms with Gasteiger partial charge in [-0.25, -0.2) is 13.2 Å². The molecule has 1 N–H and O–H groups in total. The molecule has 1 aliphatic rings. The van der Waals surface area contributed by atoms with Crippen LogP contribution < -0.4 is 104 Å². The average Bonchev–Trinajstić information content (AvgIpc) is 3.35. The van der Waals surface area contributed by atoms with Crippen LogP contribution in [0.15, 0.2) is 121 Å². The number of benzene rings is 4. The molecule has 0 bridgehead atoms. The predicted molar refractivity (Wildman–Crippen MR) is 152 cm³/mol. The molecule has 19 heteroatoms. The van der Waals surface area contributed by atoms with Crippen LogP contribution in [0.2, 0.25) is 0 Å². The van der Waals surface area contributed by atoms with E-state index in [-0.39, 0.29) is 100 Å². The minimum atomic E-state index is -4.73. The van der Waals surface area contributed by atoms with Crippen molar-refractivity contribution >= 4 is 56.4 Å². The molecule has 0 fully saturated rings. The zero-order valence-corrected chi connectivity index (χ0v) is 32.4. The smallest absolute Gasteiger partial charge is 0.872 e. The minimum Gasteiger partial charge on any atom is -0.872 e. The van der Waals surface area contributed by atoms with Gasteiger partial charge >= 0.3 is 94.6 Å². The molecule has 1 amide bonds. The Morgan fingerprint density at radius 2 is 1.27 bits per heavy atom. The topological polar surface area (TPSA) is 240 Å². The number of aliphatic carboxylic acids is 1. The molecular formula is C29H17N6Na3O9S. The van der Waals surface area contributed by atoms with E-state index in [9.17, 15) is 37.6 Å². The van der Waals surface area contributed by atoms with Crippen molar-refractivity contribution in [3.63, 3.8) is 0 Å². The van der Waals surface area contributed by atoms with Gasteiger partial charge in [0.2, 0.25) is 0 Å². The minimum absolute atomic E-state index is 0. The fraction of sp³-hybridized carbons (Fsp3) is 0.0345. The van der Waals surface area contributed by atoms with Gasteiger partial charge in [0, 0.05) is 0 Å². The molecule has 4 aromatic rings. The van der Waals surface area contributed by atoms with Crippen molar-refractivity contribution < 1.29 is 131 Å². The van der Waals surface area contributed by atoms with Crippen LogP contribution in [0.4, 0.5) is 22.7 Å². The van der Waals surface area contributed by atoms with Crippen molar-refractivity contribution in [1.82, 2.24) is 0 Å². The third kappa shape index (κ3) is 9.73. The number of hydrazone groups is 1. The van der Waals surface area contributed by atoms with E-state index < -0.39 is 55.9 Å². The second-order valence-corrected chi connectivity index (χ2v) is 10.6. The molecular weight excluding hydrogens is 677 g/mol. The second kappa shape index (κ2) is 17.5. The van der Waals surface area contributed by atoms with Crippen LogP contribution in [-0.4, -0.2) is 47.7 Å². The van der Waals surface area contributed by atoms with Crippen LogP contribution in [0.5, 0.6) is 5.75 Å². The van der Waals surface area contributed by atoms with Crippen molar-refractivity contribution in [2.75, 3.05) is 5.01 Å². The summed E-state index contributed by atoms with van der Waals surface area (Å²) in [5, 5.41) is 52.6. The van der Waals surface area contributed by atoms with Crippen LogP contribution in [0.25, 0.3) is 11.1 Å². The van der Waals surface area contributed by atoms with E-state index in [1.165, 1.54) is 6.07 Å². The fourth-order valence-electron chi connectivity index (χ4n) is 4.07. The van der Waals surface area contributed by atoms with Crippen molar-refractivity contribution in [3.05, 3.63) is 96.6 Å². The molecule has 0 aromatic heterocycles. The summed E-state index contributed by atoms with van der Waals surface area (Å²) in [4.78, 5) is 35.1. The van der Waals surface area contributed by atoms with E-state index in [0.717, 1.165) is 47.5 Å². The number of nitrogens with zero attached hydrogens (tertiary/aromatic N) is 6. The van der Waals surface area contributed by atoms with E-state index in [1.54, 1.807) is 48.5 Å².